The molecule has 3 nitrogen and oxygen atoms in total. The van der Waals surface area contributed by atoms with E-state index in [9.17, 15) is 4.79 Å². The maximum Gasteiger partial charge on any atom is 0.303 e. The maximum absolute atomic E-state index is 10.3. The molecule has 1 aromatic rings. The van der Waals surface area contributed by atoms with Crippen LogP contribution in [0.1, 0.15) is 84.0 Å². The molecule has 0 saturated heterocycles. The summed E-state index contributed by atoms with van der Waals surface area (Å²) >= 11 is 0. The highest BCUT2D eigenvalue weighted by molar-refractivity contribution is 5.66. The van der Waals surface area contributed by atoms with Crippen molar-refractivity contribution in [3.63, 3.8) is 0 Å². The van der Waals surface area contributed by atoms with Gasteiger partial charge in [-0.25, -0.2) is 0 Å². The molecule has 0 bridgehead atoms. The second kappa shape index (κ2) is 20.3. The van der Waals surface area contributed by atoms with Crippen LogP contribution >= 0.6 is 0 Å². The standard InChI is InChI=1S/C18H32O2.C4H4O/c1-2-3-4-5-6-7-8-9-10-11-12-13-14-15-16-17-18(19)20;1-2-4-5-3-1/h6-7,9-10H,2-5,8,11-17H2,1H3,(H,19,20);1-4H/b7-6-,10-9-;. The molecule has 1 rings (SSSR count). The van der Waals surface area contributed by atoms with Crippen molar-refractivity contribution in [1.82, 2.24) is 0 Å². The third-order valence-corrected chi connectivity index (χ3v) is 3.77. The maximum atomic E-state index is 10.3. The number of aliphatic carboxylic acids is 1. The molecular weight excluding hydrogens is 312 g/mol. The van der Waals surface area contributed by atoms with Gasteiger partial charge in [0.05, 0.1) is 12.5 Å². The van der Waals surface area contributed by atoms with Gasteiger partial charge in [0, 0.05) is 6.42 Å². The van der Waals surface area contributed by atoms with Crippen molar-refractivity contribution in [1.29, 1.82) is 0 Å². The highest BCUT2D eigenvalue weighted by atomic mass is 16.4. The van der Waals surface area contributed by atoms with Crippen molar-refractivity contribution in [2.75, 3.05) is 0 Å². The molecule has 25 heavy (non-hydrogen) atoms. The van der Waals surface area contributed by atoms with Crippen molar-refractivity contribution in [3.05, 3.63) is 49.0 Å². The average molecular weight is 349 g/mol. The van der Waals surface area contributed by atoms with E-state index in [1.54, 1.807) is 12.5 Å². The van der Waals surface area contributed by atoms with Gasteiger partial charge < -0.3 is 9.52 Å². The lowest BCUT2D eigenvalue weighted by Gasteiger charge is -1.98. The van der Waals surface area contributed by atoms with E-state index >= 15 is 0 Å². The summed E-state index contributed by atoms with van der Waals surface area (Å²) in [4.78, 5) is 10.3. The van der Waals surface area contributed by atoms with Crippen LogP contribution in [-0.2, 0) is 4.79 Å². The van der Waals surface area contributed by atoms with Crippen LogP contribution in [0.4, 0.5) is 0 Å². The van der Waals surface area contributed by atoms with Gasteiger partial charge >= 0.3 is 5.97 Å². The van der Waals surface area contributed by atoms with Crippen LogP contribution in [0.25, 0.3) is 0 Å². The molecular formula is C22H36O3. The summed E-state index contributed by atoms with van der Waals surface area (Å²) in [6, 6.07) is 3.67. The van der Waals surface area contributed by atoms with Gasteiger partial charge in [0.15, 0.2) is 0 Å². The number of unbranched alkanes of at least 4 members (excludes halogenated alkanes) is 8. The number of carboxylic acids is 1. The number of carboxylic acid groups (broad SMARTS) is 1. The molecule has 0 atom stereocenters. The third-order valence-electron chi connectivity index (χ3n) is 3.77. The van der Waals surface area contributed by atoms with Gasteiger partial charge in [-0.2, -0.15) is 0 Å². The van der Waals surface area contributed by atoms with Gasteiger partial charge in [-0.1, -0.05) is 63.3 Å². The van der Waals surface area contributed by atoms with Crippen molar-refractivity contribution in [3.8, 4) is 0 Å². The van der Waals surface area contributed by atoms with E-state index in [4.69, 9.17) is 5.11 Å². The SMILES string of the molecule is CCCCC/C=C\C/C=C\CCCCCCCC(=O)O.c1ccoc1. The summed E-state index contributed by atoms with van der Waals surface area (Å²) in [6.45, 7) is 2.23. The molecule has 0 radical (unpaired) electrons. The zero-order valence-electron chi connectivity index (χ0n) is 15.9. The van der Waals surface area contributed by atoms with Gasteiger partial charge in [0.25, 0.3) is 0 Å². The molecule has 142 valence electrons. The van der Waals surface area contributed by atoms with E-state index in [1.165, 1.54) is 44.9 Å². The molecule has 0 saturated carbocycles. The molecule has 0 fully saturated rings. The fraction of sp³-hybridized carbons (Fsp3) is 0.591. The smallest absolute Gasteiger partial charge is 0.303 e. The van der Waals surface area contributed by atoms with E-state index in [2.05, 4.69) is 35.6 Å². The molecule has 0 aliphatic carbocycles. The molecule has 0 aliphatic rings. The zero-order valence-corrected chi connectivity index (χ0v) is 15.9. The first-order chi connectivity index (χ1) is 12.3. The summed E-state index contributed by atoms with van der Waals surface area (Å²) in [5.74, 6) is -0.671. The third kappa shape index (κ3) is 22.2. The highest BCUT2D eigenvalue weighted by Crippen LogP contribution is 2.08. The summed E-state index contributed by atoms with van der Waals surface area (Å²) < 4.78 is 4.58. The first-order valence-corrected chi connectivity index (χ1v) is 9.76. The Balaban J connectivity index is 0.000000972. The Bertz CT molecular complexity index is 401. The number of rotatable bonds is 14. The van der Waals surface area contributed by atoms with Crippen LogP contribution in [-0.4, -0.2) is 11.1 Å². The van der Waals surface area contributed by atoms with Crippen LogP contribution in [0.15, 0.2) is 53.4 Å². The highest BCUT2D eigenvalue weighted by Gasteiger charge is 1.95. The number of carbonyl (C=O) groups is 1. The monoisotopic (exact) mass is 348 g/mol. The molecule has 3 heteroatoms. The summed E-state index contributed by atoms with van der Waals surface area (Å²) in [5, 5.41) is 8.50. The fourth-order valence-electron chi connectivity index (χ4n) is 2.31. The lowest BCUT2D eigenvalue weighted by molar-refractivity contribution is -0.137. The van der Waals surface area contributed by atoms with E-state index < -0.39 is 5.97 Å². The second-order valence-electron chi connectivity index (χ2n) is 6.17. The van der Waals surface area contributed by atoms with E-state index in [1.807, 2.05) is 12.1 Å². The van der Waals surface area contributed by atoms with Crippen molar-refractivity contribution in [2.24, 2.45) is 0 Å². The van der Waals surface area contributed by atoms with E-state index in [0.29, 0.717) is 6.42 Å². The Morgan fingerprint density at radius 1 is 0.840 bits per heavy atom. The minimum absolute atomic E-state index is 0.324. The summed E-state index contributed by atoms with van der Waals surface area (Å²) in [6.07, 6.45) is 25.5. The zero-order chi connectivity index (χ0) is 18.4. The first kappa shape index (κ1) is 23.2. The van der Waals surface area contributed by atoms with E-state index in [0.717, 1.165) is 25.7 Å². The van der Waals surface area contributed by atoms with Gasteiger partial charge in [0.1, 0.15) is 0 Å². The fourth-order valence-corrected chi connectivity index (χ4v) is 2.31. The Kier molecular flexibility index (Phi) is 18.8. The lowest BCUT2D eigenvalue weighted by Crippen LogP contribution is -1.93. The molecule has 1 heterocycles. The molecule has 0 aromatic carbocycles. The Hall–Kier alpha value is -1.77. The topological polar surface area (TPSA) is 50.4 Å². The molecule has 1 N–H and O–H groups in total. The number of furan rings is 1. The lowest BCUT2D eigenvalue weighted by atomic mass is 10.1. The van der Waals surface area contributed by atoms with Gasteiger partial charge in [0.2, 0.25) is 0 Å². The number of allylic oxidation sites excluding steroid dienone is 4. The van der Waals surface area contributed by atoms with Gasteiger partial charge in [-0.05, 0) is 50.7 Å². The predicted molar refractivity (Wildman–Crippen MR) is 106 cm³/mol. The molecule has 1 aromatic heterocycles. The Morgan fingerprint density at radius 3 is 1.92 bits per heavy atom. The molecule has 0 aliphatic heterocycles. The van der Waals surface area contributed by atoms with Gasteiger partial charge in [-0.15, -0.1) is 0 Å². The predicted octanol–water partition coefficient (Wildman–Crippen LogP) is 7.16. The molecule has 0 spiro atoms. The minimum atomic E-state index is -0.671. The minimum Gasteiger partial charge on any atom is -0.481 e. The number of hydrogen-bond donors (Lipinski definition) is 1. The van der Waals surface area contributed by atoms with E-state index in [-0.39, 0.29) is 0 Å². The average Bonchev–Trinajstić information content (AvgIpc) is 3.18. The first-order valence-electron chi connectivity index (χ1n) is 9.76. The van der Waals surface area contributed by atoms with Gasteiger partial charge in [-0.3, -0.25) is 4.79 Å². The Morgan fingerprint density at radius 2 is 1.40 bits per heavy atom. The Labute approximate surface area is 153 Å². The molecule has 0 amide bonds. The van der Waals surface area contributed by atoms with Crippen LogP contribution in [0.2, 0.25) is 0 Å². The summed E-state index contributed by atoms with van der Waals surface area (Å²) in [7, 11) is 0. The van der Waals surface area contributed by atoms with Crippen molar-refractivity contribution >= 4 is 5.97 Å². The van der Waals surface area contributed by atoms with Crippen LogP contribution in [0, 0.1) is 0 Å². The van der Waals surface area contributed by atoms with Crippen LogP contribution in [0.5, 0.6) is 0 Å². The summed E-state index contributed by atoms with van der Waals surface area (Å²) in [5.41, 5.74) is 0. The molecule has 0 unspecified atom stereocenters. The quantitative estimate of drug-likeness (QED) is 0.286. The normalized spacial score (nSPS) is 10.9. The second-order valence-corrected chi connectivity index (χ2v) is 6.17. The number of hydrogen-bond acceptors (Lipinski definition) is 2. The largest absolute Gasteiger partial charge is 0.481 e. The van der Waals surface area contributed by atoms with Crippen molar-refractivity contribution < 1.29 is 14.3 Å². The van der Waals surface area contributed by atoms with Crippen LogP contribution < -0.4 is 0 Å². The van der Waals surface area contributed by atoms with Crippen molar-refractivity contribution in [2.45, 2.75) is 84.0 Å². The van der Waals surface area contributed by atoms with Crippen LogP contribution in [0.3, 0.4) is 0 Å².